The molecule has 2 rings (SSSR count). The van der Waals surface area contributed by atoms with Crippen LogP contribution in [0.4, 0.5) is 0 Å². The molecule has 0 unspecified atom stereocenters. The van der Waals surface area contributed by atoms with Gasteiger partial charge in [0.15, 0.2) is 0 Å². The summed E-state index contributed by atoms with van der Waals surface area (Å²) >= 11 is 0. The zero-order chi connectivity index (χ0) is 52.1. The number of benzene rings is 2. The first kappa shape index (κ1) is 63.9. The van der Waals surface area contributed by atoms with Crippen LogP contribution in [0.15, 0.2) is 56.0 Å². The molecule has 2 aromatic carbocycles. The van der Waals surface area contributed by atoms with Crippen LogP contribution < -0.4 is 0 Å². The second-order valence-electron chi connectivity index (χ2n) is 18.3. The Kier molecular flexibility index (Phi) is 26.0. The molecule has 0 saturated carbocycles. The van der Waals surface area contributed by atoms with Crippen LogP contribution in [0, 0.1) is 0 Å². The molecule has 0 aliphatic rings. The van der Waals surface area contributed by atoms with Gasteiger partial charge in [-0.2, -0.15) is 0 Å². The minimum atomic E-state index is -5.16. The zero-order valence-corrected chi connectivity index (χ0v) is 46.7. The van der Waals surface area contributed by atoms with Crippen molar-refractivity contribution in [1.82, 2.24) is 0 Å². The average molecular weight is 1080 g/mol. The molecule has 0 atom stereocenters. The van der Waals surface area contributed by atoms with Gasteiger partial charge in [0.2, 0.25) is 0 Å². The number of unbranched alkanes of at least 4 members (excludes halogenated alkanes) is 8. The molecule has 396 valence electrons. The molecular weight excluding hydrogens is 999 g/mol. The van der Waals surface area contributed by atoms with Gasteiger partial charge in [0.25, 0.3) is 0 Å². The predicted octanol–water partition coefficient (Wildman–Crippen LogP) is 12.0. The molecule has 22 heteroatoms. The van der Waals surface area contributed by atoms with Crippen molar-refractivity contribution < 1.29 is 70.5 Å². The van der Waals surface area contributed by atoms with Crippen molar-refractivity contribution in [3.05, 3.63) is 47.5 Å². The fraction of sp³-hybridized carbons (Fsp3) is 0.696. The Balaban J connectivity index is 0.000000680. The van der Waals surface area contributed by atoms with E-state index in [0.29, 0.717) is 0 Å². The Morgan fingerprint density at radius 1 is 0.382 bits per heavy atom. The number of carbonyl (C=O) groups is 2. The van der Waals surface area contributed by atoms with Crippen LogP contribution in [0.1, 0.15) is 179 Å². The molecule has 0 bridgehead atoms. The summed E-state index contributed by atoms with van der Waals surface area (Å²) in [6, 6.07) is 6.20. The van der Waals surface area contributed by atoms with E-state index in [9.17, 15) is 61.5 Å². The van der Waals surface area contributed by atoms with Crippen molar-refractivity contribution >= 4 is 66.1 Å². The molecular formula is C46H82O16P2S4. The summed E-state index contributed by atoms with van der Waals surface area (Å²) in [4.78, 5) is 22.9. The van der Waals surface area contributed by atoms with Gasteiger partial charge >= 0.3 is 411 Å². The van der Waals surface area contributed by atoms with Gasteiger partial charge < -0.3 is 0 Å². The van der Waals surface area contributed by atoms with E-state index in [1.807, 2.05) is 0 Å². The van der Waals surface area contributed by atoms with Gasteiger partial charge in [0, 0.05) is 0 Å². The normalized spacial score (nSPS) is 13.9. The molecule has 0 spiro atoms. The summed E-state index contributed by atoms with van der Waals surface area (Å²) < 4.78 is 147. The van der Waals surface area contributed by atoms with E-state index in [1.54, 1.807) is 0 Å². The van der Waals surface area contributed by atoms with Crippen LogP contribution in [0.3, 0.4) is 0 Å². The van der Waals surface area contributed by atoms with Crippen LogP contribution in [0.5, 0.6) is 0 Å². The molecule has 0 aromatic heterocycles. The first-order chi connectivity index (χ1) is 31.6. The fourth-order valence-corrected chi connectivity index (χ4v) is 26.5. The van der Waals surface area contributed by atoms with Crippen LogP contribution in [-0.4, -0.2) is 113 Å². The van der Waals surface area contributed by atoms with Crippen LogP contribution in [-0.2, 0) is 49.5 Å². The molecule has 0 heterocycles. The van der Waals surface area contributed by atoms with Gasteiger partial charge in [-0.3, -0.25) is 0 Å². The molecule has 0 fully saturated rings. The SMILES string of the molecule is CCCCP(CCCC)(CCCC)(CCCC)OC(=O)c1cccc(S(=O)(=O)O)c1S(=O)(=O)O.CCCCP(CCCC)(CCCC)(CCCC)OC(=O)c1cccc(S(=O)(=O)O)c1S(=O)(=O)O. The van der Waals surface area contributed by atoms with E-state index < -0.39 is 96.8 Å². The Hall–Kier alpha value is -2.12. The standard InChI is InChI=1S/2C23H41O8PS2/c2*1-5-9-16-32(17-10-6-2,18-11-7-3,19-12-8-4)31-23(24)20-14-13-15-21(33(25,26)27)22(20)34(28,29)30/h2*13-15H,5-12,16-19H2,1-4H3,(H,25,26,27)(H,28,29,30). The number of rotatable bonds is 32. The number of carbonyl (C=O) groups excluding carboxylic acids is 2. The second kappa shape index (κ2) is 27.6. The van der Waals surface area contributed by atoms with E-state index in [-0.39, 0.29) is 0 Å². The van der Waals surface area contributed by atoms with Crippen LogP contribution in [0.2, 0.25) is 0 Å². The molecule has 2 aromatic rings. The molecule has 0 amide bonds. The minimum absolute atomic E-state index is 0.576. The molecule has 16 nitrogen and oxygen atoms in total. The van der Waals surface area contributed by atoms with Gasteiger partial charge in [0.1, 0.15) is 0 Å². The van der Waals surface area contributed by atoms with Crippen molar-refractivity contribution in [3.8, 4) is 0 Å². The van der Waals surface area contributed by atoms with Crippen molar-refractivity contribution in [2.75, 3.05) is 49.3 Å². The third-order valence-electron chi connectivity index (χ3n) is 12.8. The maximum absolute atomic E-state index is 13.6. The number of hydrogen-bond donors (Lipinski definition) is 4. The first-order valence-corrected chi connectivity index (χ1v) is 35.8. The van der Waals surface area contributed by atoms with Gasteiger partial charge in [0.05, 0.1) is 0 Å². The van der Waals surface area contributed by atoms with Crippen molar-refractivity contribution in [1.29, 1.82) is 0 Å². The maximum atomic E-state index is 13.6. The third kappa shape index (κ3) is 18.2. The van der Waals surface area contributed by atoms with Crippen LogP contribution >= 0.6 is 13.7 Å². The van der Waals surface area contributed by atoms with E-state index >= 15 is 0 Å². The van der Waals surface area contributed by atoms with E-state index in [2.05, 4.69) is 55.4 Å². The molecule has 0 saturated heterocycles. The van der Waals surface area contributed by atoms with Crippen LogP contribution in [0.25, 0.3) is 0 Å². The Labute approximate surface area is 408 Å². The number of hydrogen-bond acceptors (Lipinski definition) is 12. The summed E-state index contributed by atoms with van der Waals surface area (Å²) in [6.07, 6.45) is 20.0. The average Bonchev–Trinajstić information content (AvgIpc) is 3.27. The van der Waals surface area contributed by atoms with Gasteiger partial charge in [-0.1, -0.05) is 0 Å². The van der Waals surface area contributed by atoms with Crippen molar-refractivity contribution in [2.45, 2.75) is 178 Å². The molecule has 0 radical (unpaired) electrons. The van der Waals surface area contributed by atoms with E-state index in [1.165, 1.54) is 0 Å². The Morgan fingerprint density at radius 3 is 0.750 bits per heavy atom. The van der Waals surface area contributed by atoms with Gasteiger partial charge in [-0.25, -0.2) is 0 Å². The molecule has 68 heavy (non-hydrogen) atoms. The zero-order valence-electron chi connectivity index (χ0n) is 41.6. The Bertz CT molecular complexity index is 2150. The van der Waals surface area contributed by atoms with Crippen molar-refractivity contribution in [3.63, 3.8) is 0 Å². The fourth-order valence-electron chi connectivity index (χ4n) is 9.03. The molecule has 0 aliphatic heterocycles. The predicted molar refractivity (Wildman–Crippen MR) is 275 cm³/mol. The quantitative estimate of drug-likeness (QED) is 0.0392. The molecule has 4 N–H and O–H groups in total. The second-order valence-corrected chi connectivity index (χ2v) is 35.1. The summed E-state index contributed by atoms with van der Waals surface area (Å²) in [6.45, 7) is 10.2. The summed E-state index contributed by atoms with van der Waals surface area (Å²) in [7, 11) is -20.4. The monoisotopic (exact) mass is 1080 g/mol. The first-order valence-electron chi connectivity index (χ1n) is 24.2. The van der Waals surface area contributed by atoms with Crippen molar-refractivity contribution in [2.24, 2.45) is 0 Å². The van der Waals surface area contributed by atoms with Gasteiger partial charge in [-0.15, -0.1) is 0 Å². The molecule has 0 aliphatic carbocycles. The summed E-state index contributed by atoms with van der Waals surface area (Å²) in [5, 5.41) is 0. The van der Waals surface area contributed by atoms with E-state index in [4.69, 9.17) is 9.05 Å². The van der Waals surface area contributed by atoms with E-state index in [0.717, 1.165) is 188 Å². The summed E-state index contributed by atoms with van der Waals surface area (Å²) in [5.41, 5.74) is -1.15. The third-order valence-corrected chi connectivity index (χ3v) is 29.7. The Morgan fingerprint density at radius 2 is 0.588 bits per heavy atom. The summed E-state index contributed by atoms with van der Waals surface area (Å²) in [5.74, 6) is -1.93. The van der Waals surface area contributed by atoms with Gasteiger partial charge in [-0.05, 0) is 0 Å². The topological polar surface area (TPSA) is 270 Å².